The number of ether oxygens (including phenoxy) is 1. The van der Waals surface area contributed by atoms with Gasteiger partial charge in [0.05, 0.1) is 19.3 Å². The quantitative estimate of drug-likeness (QED) is 0.832. The summed E-state index contributed by atoms with van der Waals surface area (Å²) < 4.78 is 5.40. The van der Waals surface area contributed by atoms with Gasteiger partial charge >= 0.3 is 0 Å². The summed E-state index contributed by atoms with van der Waals surface area (Å²) in [7, 11) is 0. The van der Waals surface area contributed by atoms with E-state index in [4.69, 9.17) is 4.74 Å². The van der Waals surface area contributed by atoms with E-state index in [0.29, 0.717) is 12.8 Å². The molecule has 1 saturated carbocycles. The minimum absolute atomic E-state index is 0.0674. The molecular weight excluding hydrogens is 342 g/mol. The Hall–Kier alpha value is -2.08. The van der Waals surface area contributed by atoms with Crippen molar-refractivity contribution in [1.29, 1.82) is 0 Å². The number of carbonyl (C=O) groups is 2. The Morgan fingerprint density at radius 3 is 2.30 bits per heavy atom. The number of hydrogen-bond donors (Lipinski definition) is 2. The monoisotopic (exact) mass is 373 g/mol. The van der Waals surface area contributed by atoms with E-state index in [2.05, 4.69) is 39.8 Å². The Morgan fingerprint density at radius 2 is 1.70 bits per heavy atom. The summed E-state index contributed by atoms with van der Waals surface area (Å²) in [6.45, 7) is 6.82. The van der Waals surface area contributed by atoms with E-state index in [1.807, 2.05) is 6.92 Å². The van der Waals surface area contributed by atoms with Gasteiger partial charge in [-0.05, 0) is 37.5 Å². The molecule has 1 aromatic carbocycles. The van der Waals surface area contributed by atoms with Crippen LogP contribution in [0.15, 0.2) is 24.3 Å². The zero-order chi connectivity index (χ0) is 19.3. The number of nitrogens with zero attached hydrogens (tertiary/aromatic N) is 1. The molecule has 0 radical (unpaired) electrons. The summed E-state index contributed by atoms with van der Waals surface area (Å²) in [6, 6.07) is 8.24. The van der Waals surface area contributed by atoms with E-state index < -0.39 is 5.54 Å². The molecule has 27 heavy (non-hydrogen) atoms. The third-order valence-corrected chi connectivity index (χ3v) is 5.67. The van der Waals surface area contributed by atoms with E-state index >= 15 is 0 Å². The molecule has 6 heteroatoms. The van der Waals surface area contributed by atoms with Crippen LogP contribution in [0.25, 0.3) is 0 Å². The lowest BCUT2D eigenvalue weighted by Crippen LogP contribution is -2.59. The zero-order valence-electron chi connectivity index (χ0n) is 16.4. The molecule has 1 aliphatic carbocycles. The van der Waals surface area contributed by atoms with Crippen LogP contribution in [-0.4, -0.2) is 43.7 Å². The Bertz CT molecular complexity index is 647. The summed E-state index contributed by atoms with van der Waals surface area (Å²) in [5, 5.41) is 6.06. The van der Waals surface area contributed by atoms with E-state index in [-0.39, 0.29) is 17.9 Å². The molecule has 0 aromatic heterocycles. The molecule has 1 unspecified atom stereocenters. The molecule has 1 heterocycles. The van der Waals surface area contributed by atoms with Gasteiger partial charge in [-0.3, -0.25) is 9.59 Å². The lowest BCUT2D eigenvalue weighted by Gasteiger charge is -2.37. The maximum atomic E-state index is 13.0. The maximum absolute atomic E-state index is 13.0. The van der Waals surface area contributed by atoms with Gasteiger partial charge in [0.25, 0.3) is 0 Å². The molecule has 148 valence electrons. The van der Waals surface area contributed by atoms with Crippen molar-refractivity contribution in [1.82, 2.24) is 10.6 Å². The average molecular weight is 373 g/mol. The lowest BCUT2D eigenvalue weighted by atomic mass is 9.80. The van der Waals surface area contributed by atoms with Crippen molar-refractivity contribution >= 4 is 17.5 Å². The molecule has 1 aromatic rings. The van der Waals surface area contributed by atoms with Crippen LogP contribution >= 0.6 is 0 Å². The minimum atomic E-state index is -0.758. The highest BCUT2D eigenvalue weighted by Gasteiger charge is 2.40. The Kier molecular flexibility index (Phi) is 6.37. The highest BCUT2D eigenvalue weighted by Crippen LogP contribution is 2.29. The first-order valence-corrected chi connectivity index (χ1v) is 10.0. The number of morpholine rings is 1. The first-order valence-electron chi connectivity index (χ1n) is 10.0. The smallest absolute Gasteiger partial charge is 0.246 e. The van der Waals surface area contributed by atoms with Crippen molar-refractivity contribution < 1.29 is 14.3 Å². The van der Waals surface area contributed by atoms with Crippen molar-refractivity contribution in [3.05, 3.63) is 29.8 Å². The number of amides is 2. The maximum Gasteiger partial charge on any atom is 0.246 e. The largest absolute Gasteiger partial charge is 0.378 e. The van der Waals surface area contributed by atoms with Gasteiger partial charge in [0.2, 0.25) is 11.8 Å². The molecule has 2 aliphatic rings. The Morgan fingerprint density at radius 1 is 1.07 bits per heavy atom. The minimum Gasteiger partial charge on any atom is -0.378 e. The second kappa shape index (κ2) is 8.74. The number of benzene rings is 1. The number of carbonyl (C=O) groups excluding carboxylic acids is 2. The molecule has 6 nitrogen and oxygen atoms in total. The number of hydrogen-bond acceptors (Lipinski definition) is 4. The fraction of sp³-hybridized carbons (Fsp3) is 0.619. The van der Waals surface area contributed by atoms with Crippen LogP contribution in [0.3, 0.4) is 0 Å². The lowest BCUT2D eigenvalue weighted by molar-refractivity contribution is -0.134. The summed E-state index contributed by atoms with van der Waals surface area (Å²) in [6.07, 6.45) is 4.47. The van der Waals surface area contributed by atoms with Gasteiger partial charge in [-0.15, -0.1) is 0 Å². The van der Waals surface area contributed by atoms with Crippen molar-refractivity contribution in [3.8, 4) is 0 Å². The van der Waals surface area contributed by atoms with Crippen LogP contribution in [-0.2, 0) is 14.3 Å². The topological polar surface area (TPSA) is 70.7 Å². The third-order valence-electron chi connectivity index (χ3n) is 5.67. The van der Waals surface area contributed by atoms with Gasteiger partial charge in [0.15, 0.2) is 0 Å². The number of nitrogens with one attached hydrogen (secondary N) is 2. The Balaban J connectivity index is 1.65. The number of rotatable bonds is 5. The van der Waals surface area contributed by atoms with Crippen molar-refractivity contribution in [2.24, 2.45) is 0 Å². The van der Waals surface area contributed by atoms with Gasteiger partial charge in [0, 0.05) is 25.7 Å². The molecule has 2 fully saturated rings. The van der Waals surface area contributed by atoms with Crippen LogP contribution in [0.1, 0.15) is 57.6 Å². The molecule has 0 bridgehead atoms. The van der Waals surface area contributed by atoms with E-state index in [9.17, 15) is 9.59 Å². The summed E-state index contributed by atoms with van der Waals surface area (Å²) >= 11 is 0. The Labute approximate surface area is 161 Å². The van der Waals surface area contributed by atoms with Gasteiger partial charge in [-0.1, -0.05) is 31.4 Å². The summed E-state index contributed by atoms with van der Waals surface area (Å²) in [5.74, 6) is -0.211. The predicted molar refractivity (Wildman–Crippen MR) is 106 cm³/mol. The molecule has 1 saturated heterocycles. The van der Waals surface area contributed by atoms with Crippen molar-refractivity contribution in [2.75, 3.05) is 31.2 Å². The SMILES string of the molecule is CC(=O)NC1(C(=O)NC(C)c2ccc(N3CCOCC3)cc2)CCCCC1. The van der Waals surface area contributed by atoms with Crippen LogP contribution < -0.4 is 15.5 Å². The number of anilines is 1. The standard InChI is InChI=1S/C21H31N3O3/c1-16(18-6-8-19(9-7-18)24-12-14-27-15-13-24)22-20(26)21(23-17(2)25)10-4-3-5-11-21/h6-9,16H,3-5,10-15H2,1-2H3,(H,22,26)(H,23,25). The van der Waals surface area contributed by atoms with Gasteiger partial charge in [-0.25, -0.2) is 0 Å². The molecule has 0 spiro atoms. The molecule has 2 N–H and O–H groups in total. The fourth-order valence-corrected chi connectivity index (χ4v) is 4.11. The summed E-state index contributed by atoms with van der Waals surface area (Å²) in [5.41, 5.74) is 1.49. The third kappa shape index (κ3) is 4.80. The van der Waals surface area contributed by atoms with Gasteiger partial charge in [0.1, 0.15) is 5.54 Å². The van der Waals surface area contributed by atoms with Crippen molar-refractivity contribution in [2.45, 2.75) is 57.5 Å². The molecule has 1 atom stereocenters. The summed E-state index contributed by atoms with van der Waals surface area (Å²) in [4.78, 5) is 27.0. The van der Waals surface area contributed by atoms with E-state index in [1.165, 1.54) is 12.6 Å². The van der Waals surface area contributed by atoms with Gasteiger partial charge < -0.3 is 20.3 Å². The average Bonchev–Trinajstić information content (AvgIpc) is 2.69. The fourth-order valence-electron chi connectivity index (χ4n) is 4.11. The van der Waals surface area contributed by atoms with Crippen LogP contribution in [0.5, 0.6) is 0 Å². The van der Waals surface area contributed by atoms with Crippen molar-refractivity contribution in [3.63, 3.8) is 0 Å². The molecule has 2 amide bonds. The first-order chi connectivity index (χ1) is 13.0. The van der Waals surface area contributed by atoms with Crippen LogP contribution in [0.2, 0.25) is 0 Å². The zero-order valence-corrected chi connectivity index (χ0v) is 16.4. The second-order valence-corrected chi connectivity index (χ2v) is 7.71. The van der Waals surface area contributed by atoms with Crippen LogP contribution in [0, 0.1) is 0 Å². The highest BCUT2D eigenvalue weighted by molar-refractivity contribution is 5.91. The molecule has 3 rings (SSSR count). The molecular formula is C21H31N3O3. The van der Waals surface area contributed by atoms with Crippen LogP contribution in [0.4, 0.5) is 5.69 Å². The predicted octanol–water partition coefficient (Wildman–Crippen LogP) is 2.54. The van der Waals surface area contributed by atoms with E-state index in [1.54, 1.807) is 0 Å². The van der Waals surface area contributed by atoms with Gasteiger partial charge in [-0.2, -0.15) is 0 Å². The highest BCUT2D eigenvalue weighted by atomic mass is 16.5. The molecule has 1 aliphatic heterocycles. The first kappa shape index (κ1) is 19.7. The normalized spacial score (nSPS) is 20.6. The second-order valence-electron chi connectivity index (χ2n) is 7.71. The van der Waals surface area contributed by atoms with E-state index in [0.717, 1.165) is 51.1 Å².